The predicted molar refractivity (Wildman–Crippen MR) is 64.7 cm³/mol. The zero-order valence-corrected chi connectivity index (χ0v) is 10.6. The average molecular weight is 276 g/mol. The van der Waals surface area contributed by atoms with Crippen LogP contribution in [0.3, 0.4) is 0 Å². The molecule has 0 atom stereocenters. The molecular formula is C11H14F2N2O2S. The third kappa shape index (κ3) is 2.20. The Kier molecular flexibility index (Phi) is 3.54. The number of benzene rings is 1. The molecule has 0 saturated carbocycles. The Hall–Kier alpha value is -1.21. The summed E-state index contributed by atoms with van der Waals surface area (Å²) >= 11 is 0. The second kappa shape index (κ2) is 4.81. The number of likely N-dealkylation sites (N-methyl/N-ethyl adjacent to an activating group) is 1. The molecule has 2 rings (SSSR count). The molecule has 7 heteroatoms. The molecule has 0 aromatic heterocycles. The number of nitrogens with one attached hydrogen (secondary N) is 1. The highest BCUT2D eigenvalue weighted by Gasteiger charge is 2.32. The Morgan fingerprint density at radius 3 is 2.44 bits per heavy atom. The lowest BCUT2D eigenvalue weighted by atomic mass is 10.1. The number of rotatable bonds is 4. The van der Waals surface area contributed by atoms with Gasteiger partial charge in [0, 0.05) is 20.1 Å². The van der Waals surface area contributed by atoms with E-state index in [1.807, 2.05) is 0 Å². The van der Waals surface area contributed by atoms with Gasteiger partial charge in [0.2, 0.25) is 9.84 Å². The van der Waals surface area contributed by atoms with Crippen molar-refractivity contribution in [2.75, 3.05) is 25.0 Å². The van der Waals surface area contributed by atoms with Crippen molar-refractivity contribution in [3.05, 3.63) is 24.3 Å². The Labute approximate surface area is 105 Å². The monoisotopic (exact) mass is 276 g/mol. The van der Waals surface area contributed by atoms with Gasteiger partial charge in [0.05, 0.1) is 16.6 Å². The maximum atomic E-state index is 12.6. The van der Waals surface area contributed by atoms with E-state index in [0.717, 1.165) is 13.1 Å². The molecule has 0 amide bonds. The Bertz CT molecular complexity index is 530. The van der Waals surface area contributed by atoms with Crippen LogP contribution in [-0.2, 0) is 9.84 Å². The SMILES string of the molecule is CN(c1ccccc1S(=O)(=O)C(F)F)C1CNC1. The maximum Gasteiger partial charge on any atom is 0.341 e. The molecule has 100 valence electrons. The van der Waals surface area contributed by atoms with Crippen molar-refractivity contribution in [2.45, 2.75) is 16.7 Å². The molecule has 0 aliphatic carbocycles. The van der Waals surface area contributed by atoms with Crippen LogP contribution in [0, 0.1) is 0 Å². The summed E-state index contributed by atoms with van der Waals surface area (Å²) in [6.07, 6.45) is 0. The standard InChI is InChI=1S/C11H14F2N2O2S/c1-15(8-6-14-7-8)9-4-2-3-5-10(9)18(16,17)11(12)13/h2-5,8,11,14H,6-7H2,1H3. The molecule has 1 fully saturated rings. The third-order valence-electron chi connectivity index (χ3n) is 3.09. The predicted octanol–water partition coefficient (Wildman–Crippen LogP) is 1.09. The van der Waals surface area contributed by atoms with Crippen LogP contribution in [0.2, 0.25) is 0 Å². The van der Waals surface area contributed by atoms with Gasteiger partial charge in [0.25, 0.3) is 0 Å². The summed E-state index contributed by atoms with van der Waals surface area (Å²) in [5, 5.41) is 3.05. The number of para-hydroxylation sites is 1. The van der Waals surface area contributed by atoms with Crippen LogP contribution in [0.5, 0.6) is 0 Å². The molecule has 1 aromatic carbocycles. The molecule has 1 saturated heterocycles. The molecule has 1 aliphatic rings. The van der Waals surface area contributed by atoms with Crippen molar-refractivity contribution in [3.63, 3.8) is 0 Å². The van der Waals surface area contributed by atoms with Crippen LogP contribution in [0.1, 0.15) is 0 Å². The lowest BCUT2D eigenvalue weighted by Gasteiger charge is -2.37. The van der Waals surface area contributed by atoms with E-state index in [0.29, 0.717) is 5.69 Å². The van der Waals surface area contributed by atoms with E-state index in [2.05, 4.69) is 5.32 Å². The summed E-state index contributed by atoms with van der Waals surface area (Å²) in [6.45, 7) is 1.44. The van der Waals surface area contributed by atoms with Gasteiger partial charge >= 0.3 is 5.76 Å². The first-order valence-electron chi connectivity index (χ1n) is 5.49. The van der Waals surface area contributed by atoms with E-state index in [1.54, 1.807) is 24.1 Å². The molecule has 1 N–H and O–H groups in total. The molecule has 1 aromatic rings. The van der Waals surface area contributed by atoms with Crippen molar-refractivity contribution in [2.24, 2.45) is 0 Å². The summed E-state index contributed by atoms with van der Waals surface area (Å²) in [4.78, 5) is 1.42. The summed E-state index contributed by atoms with van der Waals surface area (Å²) in [7, 11) is -2.85. The van der Waals surface area contributed by atoms with Crippen molar-refractivity contribution in [1.82, 2.24) is 5.32 Å². The van der Waals surface area contributed by atoms with Crippen LogP contribution in [-0.4, -0.2) is 40.4 Å². The number of hydrogen-bond acceptors (Lipinski definition) is 4. The second-order valence-corrected chi connectivity index (χ2v) is 6.08. The van der Waals surface area contributed by atoms with Crippen LogP contribution < -0.4 is 10.2 Å². The minimum atomic E-state index is -4.57. The van der Waals surface area contributed by atoms with Crippen molar-refractivity contribution >= 4 is 15.5 Å². The van der Waals surface area contributed by atoms with E-state index in [4.69, 9.17) is 0 Å². The zero-order chi connectivity index (χ0) is 13.3. The highest BCUT2D eigenvalue weighted by Crippen LogP contribution is 2.29. The van der Waals surface area contributed by atoms with E-state index in [1.165, 1.54) is 12.1 Å². The molecule has 1 heterocycles. The second-order valence-electron chi connectivity index (χ2n) is 4.20. The summed E-state index contributed by atoms with van der Waals surface area (Å²) in [5.74, 6) is -3.40. The minimum absolute atomic E-state index is 0.138. The topological polar surface area (TPSA) is 49.4 Å². The van der Waals surface area contributed by atoms with E-state index in [-0.39, 0.29) is 10.9 Å². The fourth-order valence-corrected chi connectivity index (χ4v) is 2.79. The van der Waals surface area contributed by atoms with Gasteiger partial charge in [0.1, 0.15) is 0 Å². The van der Waals surface area contributed by atoms with Crippen LogP contribution in [0.4, 0.5) is 14.5 Å². The number of sulfone groups is 1. The summed E-state index contributed by atoms with van der Waals surface area (Å²) < 4.78 is 48.4. The van der Waals surface area contributed by atoms with E-state index < -0.39 is 15.6 Å². The quantitative estimate of drug-likeness (QED) is 0.894. The number of alkyl halides is 2. The fraction of sp³-hybridized carbons (Fsp3) is 0.455. The Balaban J connectivity index is 2.42. The largest absolute Gasteiger partial charge is 0.368 e. The fourth-order valence-electron chi connectivity index (χ4n) is 1.83. The number of halogens is 2. The smallest absolute Gasteiger partial charge is 0.341 e. The van der Waals surface area contributed by atoms with Crippen LogP contribution in [0.25, 0.3) is 0 Å². The highest BCUT2D eigenvalue weighted by atomic mass is 32.2. The van der Waals surface area contributed by atoms with Gasteiger partial charge < -0.3 is 10.2 Å². The van der Waals surface area contributed by atoms with Gasteiger partial charge in [-0.3, -0.25) is 0 Å². The molecule has 0 spiro atoms. The first-order chi connectivity index (χ1) is 8.44. The van der Waals surface area contributed by atoms with Gasteiger partial charge in [-0.25, -0.2) is 8.42 Å². The number of nitrogens with zero attached hydrogens (tertiary/aromatic N) is 1. The summed E-state index contributed by atoms with van der Waals surface area (Å²) in [6, 6.07) is 6.00. The molecule has 0 radical (unpaired) electrons. The molecule has 1 aliphatic heterocycles. The van der Waals surface area contributed by atoms with Gasteiger partial charge in [0.15, 0.2) is 0 Å². The van der Waals surface area contributed by atoms with E-state index >= 15 is 0 Å². The summed E-state index contributed by atoms with van der Waals surface area (Å²) in [5.41, 5.74) is 0.323. The van der Waals surface area contributed by atoms with Gasteiger partial charge in [-0.15, -0.1) is 0 Å². The van der Waals surface area contributed by atoms with Crippen molar-refractivity contribution in [1.29, 1.82) is 0 Å². The molecule has 18 heavy (non-hydrogen) atoms. The lowest BCUT2D eigenvalue weighted by Crippen LogP contribution is -2.56. The van der Waals surface area contributed by atoms with Gasteiger partial charge in [-0.1, -0.05) is 12.1 Å². The van der Waals surface area contributed by atoms with Crippen molar-refractivity contribution < 1.29 is 17.2 Å². The molecular weight excluding hydrogens is 262 g/mol. The Morgan fingerprint density at radius 2 is 1.94 bits per heavy atom. The maximum absolute atomic E-state index is 12.6. The average Bonchev–Trinajstić information content (AvgIpc) is 2.26. The zero-order valence-electron chi connectivity index (χ0n) is 9.81. The minimum Gasteiger partial charge on any atom is -0.368 e. The normalized spacial score (nSPS) is 16.7. The third-order valence-corrected chi connectivity index (χ3v) is 4.52. The molecule has 0 bridgehead atoms. The van der Waals surface area contributed by atoms with Crippen molar-refractivity contribution in [3.8, 4) is 0 Å². The molecule has 4 nitrogen and oxygen atoms in total. The van der Waals surface area contributed by atoms with Gasteiger partial charge in [-0.2, -0.15) is 8.78 Å². The Morgan fingerprint density at radius 1 is 1.33 bits per heavy atom. The highest BCUT2D eigenvalue weighted by molar-refractivity contribution is 7.91. The van der Waals surface area contributed by atoms with Crippen LogP contribution >= 0.6 is 0 Å². The first kappa shape index (κ1) is 13.2. The van der Waals surface area contributed by atoms with E-state index in [9.17, 15) is 17.2 Å². The van der Waals surface area contributed by atoms with Gasteiger partial charge in [-0.05, 0) is 12.1 Å². The number of hydrogen-bond donors (Lipinski definition) is 1. The van der Waals surface area contributed by atoms with Crippen LogP contribution in [0.15, 0.2) is 29.2 Å². The lowest BCUT2D eigenvalue weighted by molar-refractivity contribution is 0.234. The number of anilines is 1. The molecule has 0 unspecified atom stereocenters. The first-order valence-corrected chi connectivity index (χ1v) is 7.04.